The number of rotatable bonds is 7. The fourth-order valence-corrected chi connectivity index (χ4v) is 3.75. The molecule has 0 spiro atoms. The van der Waals surface area contributed by atoms with Gasteiger partial charge in [-0.25, -0.2) is 17.9 Å². The third-order valence-electron chi connectivity index (χ3n) is 4.32. The molecular weight excluding hydrogens is 292 g/mol. The molecular formula is C14H20N2O4S. The van der Waals surface area contributed by atoms with Gasteiger partial charge in [0.2, 0.25) is 10.0 Å². The van der Waals surface area contributed by atoms with E-state index in [2.05, 4.69) is 4.72 Å². The topological polar surface area (TPSA) is 88.4 Å². The molecule has 21 heavy (non-hydrogen) atoms. The number of carboxylic acid groups (broad SMARTS) is 1. The number of sulfonamides is 1. The summed E-state index contributed by atoms with van der Waals surface area (Å²) >= 11 is 0. The van der Waals surface area contributed by atoms with Crippen molar-refractivity contribution in [2.45, 2.75) is 43.5 Å². The lowest BCUT2D eigenvalue weighted by atomic mass is 10.1. The van der Waals surface area contributed by atoms with Crippen molar-refractivity contribution in [3.63, 3.8) is 0 Å². The second kappa shape index (κ2) is 5.14. The Morgan fingerprint density at radius 2 is 2.10 bits per heavy atom. The predicted molar refractivity (Wildman–Crippen MR) is 76.7 cm³/mol. The predicted octanol–water partition coefficient (Wildman–Crippen LogP) is 1.85. The Balaban J connectivity index is 1.77. The minimum absolute atomic E-state index is 0.0492. The second-order valence-corrected chi connectivity index (χ2v) is 7.94. The van der Waals surface area contributed by atoms with E-state index in [-0.39, 0.29) is 16.6 Å². The lowest BCUT2D eigenvalue weighted by Gasteiger charge is -2.11. The molecule has 2 saturated carbocycles. The third-order valence-corrected chi connectivity index (χ3v) is 5.71. The van der Waals surface area contributed by atoms with E-state index in [0.717, 1.165) is 12.8 Å². The average molecular weight is 312 g/mol. The minimum atomic E-state index is -3.64. The zero-order chi connectivity index (χ0) is 15.2. The molecule has 1 aromatic rings. The first-order valence-electron chi connectivity index (χ1n) is 7.33. The summed E-state index contributed by atoms with van der Waals surface area (Å²) in [5.74, 6) is -0.141. The first-order chi connectivity index (χ1) is 9.88. The molecule has 7 heteroatoms. The highest BCUT2D eigenvalue weighted by Gasteiger charge is 2.32. The van der Waals surface area contributed by atoms with Crippen LogP contribution in [0.15, 0.2) is 17.2 Å². The molecule has 2 fully saturated rings. The lowest BCUT2D eigenvalue weighted by molar-refractivity contribution is 0.0685. The van der Waals surface area contributed by atoms with Gasteiger partial charge < -0.3 is 9.67 Å². The van der Waals surface area contributed by atoms with Gasteiger partial charge in [0.15, 0.2) is 0 Å². The van der Waals surface area contributed by atoms with Gasteiger partial charge in [0.25, 0.3) is 0 Å². The van der Waals surface area contributed by atoms with E-state index >= 15 is 0 Å². The Kier molecular flexibility index (Phi) is 3.57. The average Bonchev–Trinajstić information content (AvgIpc) is 3.33. The quantitative estimate of drug-likeness (QED) is 0.804. The van der Waals surface area contributed by atoms with Crippen LogP contribution >= 0.6 is 0 Å². The smallest absolute Gasteiger partial charge is 0.352 e. The maximum Gasteiger partial charge on any atom is 0.352 e. The number of hydrogen-bond acceptors (Lipinski definition) is 3. The summed E-state index contributed by atoms with van der Waals surface area (Å²) < 4.78 is 28.8. The normalized spacial score (nSPS) is 20.4. The van der Waals surface area contributed by atoms with Crippen molar-refractivity contribution in [2.24, 2.45) is 11.8 Å². The summed E-state index contributed by atoms with van der Waals surface area (Å²) in [6, 6.07) is 1.38. The van der Waals surface area contributed by atoms with E-state index in [1.54, 1.807) is 4.57 Å². The van der Waals surface area contributed by atoms with Gasteiger partial charge in [-0.05, 0) is 43.6 Å². The second-order valence-electron chi connectivity index (χ2n) is 6.17. The number of nitrogens with zero attached hydrogens (tertiary/aromatic N) is 1. The third kappa shape index (κ3) is 3.13. The molecule has 1 aromatic heterocycles. The van der Waals surface area contributed by atoms with Gasteiger partial charge in [0, 0.05) is 18.8 Å². The molecule has 6 nitrogen and oxygen atoms in total. The van der Waals surface area contributed by atoms with E-state index in [1.165, 1.54) is 25.1 Å². The highest BCUT2D eigenvalue weighted by molar-refractivity contribution is 7.89. The highest BCUT2D eigenvalue weighted by Crippen LogP contribution is 2.38. The van der Waals surface area contributed by atoms with Crippen molar-refractivity contribution in [1.82, 2.24) is 9.29 Å². The molecule has 116 valence electrons. The van der Waals surface area contributed by atoms with Crippen LogP contribution in [-0.4, -0.2) is 30.6 Å². The van der Waals surface area contributed by atoms with Gasteiger partial charge in [0.1, 0.15) is 10.6 Å². The van der Waals surface area contributed by atoms with Crippen LogP contribution in [0, 0.1) is 11.8 Å². The molecule has 0 amide bonds. The summed E-state index contributed by atoms with van der Waals surface area (Å²) in [5.41, 5.74) is 0.0492. The Hall–Kier alpha value is -1.34. The zero-order valence-corrected chi connectivity index (χ0v) is 12.8. The number of carboxylic acids is 1. The van der Waals surface area contributed by atoms with Crippen molar-refractivity contribution in [3.05, 3.63) is 18.0 Å². The van der Waals surface area contributed by atoms with Crippen molar-refractivity contribution < 1.29 is 18.3 Å². The molecule has 3 rings (SSSR count). The molecule has 1 atom stereocenters. The van der Waals surface area contributed by atoms with E-state index in [4.69, 9.17) is 0 Å². The van der Waals surface area contributed by atoms with Crippen LogP contribution in [0.5, 0.6) is 0 Å². The first-order valence-corrected chi connectivity index (χ1v) is 8.81. The summed E-state index contributed by atoms with van der Waals surface area (Å²) in [6.45, 7) is 2.45. The Labute approximate surface area is 124 Å². The van der Waals surface area contributed by atoms with Crippen LogP contribution in [0.2, 0.25) is 0 Å². The molecule has 1 heterocycles. The van der Waals surface area contributed by atoms with Crippen LogP contribution in [0.25, 0.3) is 0 Å². The van der Waals surface area contributed by atoms with Crippen LogP contribution < -0.4 is 4.72 Å². The van der Waals surface area contributed by atoms with E-state index in [9.17, 15) is 18.3 Å². The van der Waals surface area contributed by atoms with Crippen molar-refractivity contribution in [3.8, 4) is 0 Å². The van der Waals surface area contributed by atoms with Crippen molar-refractivity contribution in [2.75, 3.05) is 6.54 Å². The summed E-state index contributed by atoms with van der Waals surface area (Å²) in [7, 11) is -3.64. The van der Waals surface area contributed by atoms with Crippen molar-refractivity contribution >= 4 is 16.0 Å². The zero-order valence-electron chi connectivity index (χ0n) is 11.9. The molecule has 2 N–H and O–H groups in total. The molecule has 0 aromatic carbocycles. The number of nitrogens with one attached hydrogen (secondary N) is 1. The number of aromatic carboxylic acids is 1. The van der Waals surface area contributed by atoms with Gasteiger partial charge in [0.05, 0.1) is 0 Å². The van der Waals surface area contributed by atoms with E-state index in [1.807, 2.05) is 6.92 Å². The van der Waals surface area contributed by atoms with Gasteiger partial charge >= 0.3 is 5.97 Å². The Bertz CT molecular complexity index is 657. The summed E-state index contributed by atoms with van der Waals surface area (Å²) in [6.07, 6.45) is 5.60. The molecule has 0 radical (unpaired) electrons. The molecule has 0 bridgehead atoms. The van der Waals surface area contributed by atoms with Gasteiger partial charge in [-0.1, -0.05) is 6.92 Å². The molecule has 2 aliphatic carbocycles. The SMILES string of the molecule is CC(CNS(=O)(=O)c1cc(C(=O)O)n(C2CC2)c1)C1CC1. The standard InChI is InChI=1S/C14H20N2O4S/c1-9(10-2-3-10)7-15-21(19,20)12-6-13(14(17)18)16(8-12)11-4-5-11/h6,8-11,15H,2-5,7H2,1H3,(H,17,18). The lowest BCUT2D eigenvalue weighted by Crippen LogP contribution is -2.29. The Morgan fingerprint density at radius 1 is 1.43 bits per heavy atom. The Morgan fingerprint density at radius 3 is 2.62 bits per heavy atom. The number of hydrogen-bond donors (Lipinski definition) is 2. The minimum Gasteiger partial charge on any atom is -0.477 e. The van der Waals surface area contributed by atoms with E-state index in [0.29, 0.717) is 18.4 Å². The molecule has 0 saturated heterocycles. The monoisotopic (exact) mass is 312 g/mol. The van der Waals surface area contributed by atoms with Crippen molar-refractivity contribution in [1.29, 1.82) is 0 Å². The van der Waals surface area contributed by atoms with Crippen LogP contribution in [-0.2, 0) is 10.0 Å². The van der Waals surface area contributed by atoms with Crippen LogP contribution in [0.1, 0.15) is 49.1 Å². The van der Waals surface area contributed by atoms with Gasteiger partial charge in [-0.15, -0.1) is 0 Å². The van der Waals surface area contributed by atoms with Gasteiger partial charge in [-0.3, -0.25) is 0 Å². The number of carbonyl (C=O) groups is 1. The van der Waals surface area contributed by atoms with Gasteiger partial charge in [-0.2, -0.15) is 0 Å². The molecule has 1 unspecified atom stereocenters. The highest BCUT2D eigenvalue weighted by atomic mass is 32.2. The van der Waals surface area contributed by atoms with Crippen LogP contribution in [0.4, 0.5) is 0 Å². The fraction of sp³-hybridized carbons (Fsp3) is 0.643. The maximum atomic E-state index is 12.3. The summed E-state index contributed by atoms with van der Waals surface area (Å²) in [5, 5.41) is 9.18. The summed E-state index contributed by atoms with van der Waals surface area (Å²) in [4.78, 5) is 11.3. The maximum absolute atomic E-state index is 12.3. The molecule has 2 aliphatic rings. The largest absolute Gasteiger partial charge is 0.477 e. The number of aromatic nitrogens is 1. The fourth-order valence-electron chi connectivity index (χ4n) is 2.58. The first kappa shape index (κ1) is 14.6. The van der Waals surface area contributed by atoms with E-state index < -0.39 is 16.0 Å². The molecule has 0 aliphatic heterocycles. The van der Waals surface area contributed by atoms with Crippen LogP contribution in [0.3, 0.4) is 0 Å².